The number of benzene rings is 1. The SMILES string of the molecule is CCCNCc1oc2c(Br)cc(OC)cc2c1C1CC1. The molecule has 20 heavy (non-hydrogen) atoms. The molecule has 1 heterocycles. The van der Waals surface area contributed by atoms with Crippen LogP contribution in [0, 0.1) is 0 Å². The van der Waals surface area contributed by atoms with E-state index in [1.165, 1.54) is 23.8 Å². The van der Waals surface area contributed by atoms with Crippen LogP contribution in [-0.4, -0.2) is 13.7 Å². The van der Waals surface area contributed by atoms with Crippen molar-refractivity contribution < 1.29 is 9.15 Å². The van der Waals surface area contributed by atoms with Crippen molar-refractivity contribution in [2.75, 3.05) is 13.7 Å². The van der Waals surface area contributed by atoms with Crippen LogP contribution < -0.4 is 10.1 Å². The number of methoxy groups -OCH3 is 1. The summed E-state index contributed by atoms with van der Waals surface area (Å²) in [5, 5.41) is 4.64. The van der Waals surface area contributed by atoms with E-state index >= 15 is 0 Å². The van der Waals surface area contributed by atoms with Crippen LogP contribution in [-0.2, 0) is 6.54 Å². The van der Waals surface area contributed by atoms with Crippen molar-refractivity contribution in [3.8, 4) is 5.75 Å². The van der Waals surface area contributed by atoms with Gasteiger partial charge in [-0.1, -0.05) is 6.92 Å². The third kappa shape index (κ3) is 2.59. The molecular weight excluding hydrogens is 318 g/mol. The van der Waals surface area contributed by atoms with E-state index in [0.717, 1.165) is 41.1 Å². The van der Waals surface area contributed by atoms with Gasteiger partial charge in [-0.25, -0.2) is 0 Å². The summed E-state index contributed by atoms with van der Waals surface area (Å²) in [6.45, 7) is 4.00. The Morgan fingerprint density at radius 2 is 2.20 bits per heavy atom. The third-order valence-corrected chi connectivity index (χ3v) is 4.36. The second-order valence-electron chi connectivity index (χ2n) is 5.38. The molecule has 1 fully saturated rings. The Balaban J connectivity index is 2.05. The van der Waals surface area contributed by atoms with E-state index < -0.39 is 0 Å². The number of fused-ring (bicyclic) bond motifs is 1. The zero-order valence-corrected chi connectivity index (χ0v) is 13.5. The van der Waals surface area contributed by atoms with Crippen LogP contribution in [0.5, 0.6) is 5.75 Å². The van der Waals surface area contributed by atoms with E-state index in [-0.39, 0.29) is 0 Å². The number of furan rings is 1. The van der Waals surface area contributed by atoms with Crippen LogP contribution in [0.25, 0.3) is 11.0 Å². The van der Waals surface area contributed by atoms with Crippen molar-refractivity contribution in [2.24, 2.45) is 0 Å². The van der Waals surface area contributed by atoms with Gasteiger partial charge in [-0.05, 0) is 59.8 Å². The second kappa shape index (κ2) is 5.78. The molecule has 1 N–H and O–H groups in total. The van der Waals surface area contributed by atoms with Crippen molar-refractivity contribution in [2.45, 2.75) is 38.6 Å². The van der Waals surface area contributed by atoms with Crippen LogP contribution in [0.1, 0.15) is 43.4 Å². The number of ether oxygens (including phenoxy) is 1. The predicted octanol–water partition coefficient (Wildman–Crippen LogP) is 4.58. The molecule has 1 aromatic carbocycles. The average molecular weight is 338 g/mol. The van der Waals surface area contributed by atoms with Crippen molar-refractivity contribution >= 4 is 26.9 Å². The van der Waals surface area contributed by atoms with Crippen LogP contribution in [0.4, 0.5) is 0 Å². The molecule has 0 unspecified atom stereocenters. The van der Waals surface area contributed by atoms with Crippen LogP contribution in [0.2, 0.25) is 0 Å². The van der Waals surface area contributed by atoms with E-state index in [1.54, 1.807) is 7.11 Å². The van der Waals surface area contributed by atoms with E-state index in [9.17, 15) is 0 Å². The summed E-state index contributed by atoms with van der Waals surface area (Å²) in [6.07, 6.45) is 3.67. The first-order chi connectivity index (χ1) is 9.74. The maximum Gasteiger partial charge on any atom is 0.149 e. The van der Waals surface area contributed by atoms with Gasteiger partial charge < -0.3 is 14.5 Å². The van der Waals surface area contributed by atoms with Crippen LogP contribution >= 0.6 is 15.9 Å². The monoisotopic (exact) mass is 337 g/mol. The Labute approximate surface area is 127 Å². The first-order valence-corrected chi connectivity index (χ1v) is 8.03. The highest BCUT2D eigenvalue weighted by molar-refractivity contribution is 9.10. The number of halogens is 1. The Morgan fingerprint density at radius 1 is 1.40 bits per heavy atom. The van der Waals surface area contributed by atoms with Crippen molar-refractivity contribution in [1.29, 1.82) is 0 Å². The summed E-state index contributed by atoms with van der Waals surface area (Å²) < 4.78 is 12.5. The maximum absolute atomic E-state index is 6.11. The fraction of sp³-hybridized carbons (Fsp3) is 0.500. The van der Waals surface area contributed by atoms with Crippen molar-refractivity contribution in [3.05, 3.63) is 27.9 Å². The molecule has 0 atom stereocenters. The van der Waals surface area contributed by atoms with Gasteiger partial charge in [0, 0.05) is 10.9 Å². The molecule has 1 saturated carbocycles. The number of hydrogen-bond acceptors (Lipinski definition) is 3. The molecule has 2 aromatic rings. The normalized spacial score (nSPS) is 14.9. The lowest BCUT2D eigenvalue weighted by atomic mass is 10.1. The lowest BCUT2D eigenvalue weighted by molar-refractivity contribution is 0.415. The molecule has 0 amide bonds. The minimum atomic E-state index is 0.661. The third-order valence-electron chi connectivity index (χ3n) is 3.77. The van der Waals surface area contributed by atoms with Gasteiger partial charge >= 0.3 is 0 Å². The van der Waals surface area contributed by atoms with Gasteiger partial charge in [-0.3, -0.25) is 0 Å². The molecule has 0 bridgehead atoms. The number of hydrogen-bond donors (Lipinski definition) is 1. The van der Waals surface area contributed by atoms with Crippen molar-refractivity contribution in [3.63, 3.8) is 0 Å². The smallest absolute Gasteiger partial charge is 0.149 e. The summed E-state index contributed by atoms with van der Waals surface area (Å²) in [5.41, 5.74) is 2.32. The zero-order chi connectivity index (χ0) is 14.1. The largest absolute Gasteiger partial charge is 0.497 e. The quantitative estimate of drug-likeness (QED) is 0.783. The Morgan fingerprint density at radius 3 is 2.85 bits per heavy atom. The van der Waals surface area contributed by atoms with Gasteiger partial charge in [0.25, 0.3) is 0 Å². The highest BCUT2D eigenvalue weighted by Gasteiger charge is 2.31. The molecule has 1 aliphatic carbocycles. The molecule has 4 heteroatoms. The highest BCUT2D eigenvalue weighted by Crippen LogP contribution is 2.48. The molecule has 0 saturated heterocycles. The van der Waals surface area contributed by atoms with E-state index in [1.807, 2.05) is 6.07 Å². The van der Waals surface area contributed by atoms with Crippen LogP contribution in [0.15, 0.2) is 21.0 Å². The standard InChI is InChI=1S/C16H20BrNO2/c1-3-6-18-9-14-15(10-4-5-10)12-7-11(19-2)8-13(17)16(12)20-14/h7-8,10,18H,3-6,9H2,1-2H3. The Kier molecular flexibility index (Phi) is 4.03. The lowest BCUT2D eigenvalue weighted by Crippen LogP contribution is -2.14. The highest BCUT2D eigenvalue weighted by atomic mass is 79.9. The van der Waals surface area contributed by atoms with E-state index in [2.05, 4.69) is 34.2 Å². The average Bonchev–Trinajstić information content (AvgIpc) is 3.21. The summed E-state index contributed by atoms with van der Waals surface area (Å²) in [5.74, 6) is 2.62. The van der Waals surface area contributed by atoms with Gasteiger partial charge in [-0.2, -0.15) is 0 Å². The topological polar surface area (TPSA) is 34.4 Å². The Bertz CT molecular complexity index is 616. The molecule has 3 rings (SSSR count). The second-order valence-corrected chi connectivity index (χ2v) is 6.23. The number of nitrogens with one attached hydrogen (secondary N) is 1. The molecule has 3 nitrogen and oxygen atoms in total. The maximum atomic E-state index is 6.11. The van der Waals surface area contributed by atoms with Gasteiger partial charge in [0.2, 0.25) is 0 Å². The molecular formula is C16H20BrNO2. The van der Waals surface area contributed by atoms with E-state index in [4.69, 9.17) is 9.15 Å². The fourth-order valence-electron chi connectivity index (χ4n) is 2.65. The first kappa shape index (κ1) is 14.0. The van der Waals surface area contributed by atoms with Gasteiger partial charge in [-0.15, -0.1) is 0 Å². The lowest BCUT2D eigenvalue weighted by Gasteiger charge is -2.03. The summed E-state index contributed by atoms with van der Waals surface area (Å²) >= 11 is 3.59. The molecule has 108 valence electrons. The first-order valence-electron chi connectivity index (χ1n) is 7.24. The number of rotatable bonds is 6. The van der Waals surface area contributed by atoms with E-state index in [0.29, 0.717) is 5.92 Å². The predicted molar refractivity (Wildman–Crippen MR) is 84.4 cm³/mol. The summed E-state index contributed by atoms with van der Waals surface area (Å²) in [7, 11) is 1.70. The molecule has 1 aliphatic rings. The zero-order valence-electron chi connectivity index (χ0n) is 12.0. The summed E-state index contributed by atoms with van der Waals surface area (Å²) in [6, 6.07) is 4.06. The van der Waals surface area contributed by atoms with Crippen LogP contribution in [0.3, 0.4) is 0 Å². The van der Waals surface area contributed by atoms with Crippen molar-refractivity contribution in [1.82, 2.24) is 5.32 Å². The minimum Gasteiger partial charge on any atom is -0.497 e. The molecule has 0 radical (unpaired) electrons. The minimum absolute atomic E-state index is 0.661. The summed E-state index contributed by atoms with van der Waals surface area (Å²) in [4.78, 5) is 0. The van der Waals surface area contributed by atoms with Gasteiger partial charge in [0.05, 0.1) is 18.1 Å². The Hall–Kier alpha value is -1.00. The molecule has 0 aliphatic heterocycles. The molecule has 1 aromatic heterocycles. The fourth-order valence-corrected chi connectivity index (χ4v) is 3.17. The van der Waals surface area contributed by atoms with Gasteiger partial charge in [0.15, 0.2) is 0 Å². The van der Waals surface area contributed by atoms with Gasteiger partial charge in [0.1, 0.15) is 17.1 Å². The molecule has 0 spiro atoms.